The minimum absolute atomic E-state index is 0.409. The van der Waals surface area contributed by atoms with Gasteiger partial charge in [0, 0.05) is 31.7 Å². The first kappa shape index (κ1) is 9.00. The molecule has 0 aromatic heterocycles. The second-order valence-electron chi connectivity index (χ2n) is 4.27. The summed E-state index contributed by atoms with van der Waals surface area (Å²) >= 11 is 0. The Bertz CT molecular complexity index is 191. The zero-order chi connectivity index (χ0) is 9.26. The lowest BCUT2D eigenvalue weighted by Gasteiger charge is -2.44. The van der Waals surface area contributed by atoms with Gasteiger partial charge in [-0.2, -0.15) is 0 Å². The van der Waals surface area contributed by atoms with Crippen molar-refractivity contribution in [1.82, 2.24) is 9.80 Å². The molecule has 1 atom stereocenters. The van der Waals surface area contributed by atoms with Gasteiger partial charge in [0.2, 0.25) is 6.41 Å². The highest BCUT2D eigenvalue weighted by Gasteiger charge is 2.30. The molecule has 0 bridgehead atoms. The molecule has 74 valence electrons. The summed E-state index contributed by atoms with van der Waals surface area (Å²) in [5.41, 5.74) is 0. The number of nitrogens with zero attached hydrogens (tertiary/aromatic N) is 2. The summed E-state index contributed by atoms with van der Waals surface area (Å²) in [7, 11) is 0. The van der Waals surface area contributed by atoms with Crippen LogP contribution in [0.2, 0.25) is 0 Å². The van der Waals surface area contributed by atoms with Crippen LogP contribution in [0.25, 0.3) is 0 Å². The summed E-state index contributed by atoms with van der Waals surface area (Å²) in [6.07, 6.45) is 5.12. The summed E-state index contributed by atoms with van der Waals surface area (Å²) < 4.78 is 0. The topological polar surface area (TPSA) is 23.6 Å². The number of carbonyl (C=O) groups is 1. The lowest BCUT2D eigenvalue weighted by Crippen LogP contribution is -2.55. The van der Waals surface area contributed by atoms with Crippen molar-refractivity contribution in [3.63, 3.8) is 0 Å². The molecular formula is C10H18N2O. The third-order valence-corrected chi connectivity index (χ3v) is 3.44. The summed E-state index contributed by atoms with van der Waals surface area (Å²) in [5, 5.41) is 0. The third-order valence-electron chi connectivity index (χ3n) is 3.44. The molecule has 13 heavy (non-hydrogen) atoms. The fourth-order valence-corrected chi connectivity index (χ4v) is 2.24. The fraction of sp³-hybridized carbons (Fsp3) is 0.900. The van der Waals surface area contributed by atoms with Crippen molar-refractivity contribution in [2.75, 3.05) is 19.6 Å². The van der Waals surface area contributed by atoms with E-state index in [1.165, 1.54) is 19.3 Å². The molecule has 1 heterocycles. The van der Waals surface area contributed by atoms with Crippen LogP contribution in [0.4, 0.5) is 0 Å². The van der Waals surface area contributed by atoms with Crippen LogP contribution in [0.1, 0.15) is 26.2 Å². The van der Waals surface area contributed by atoms with E-state index >= 15 is 0 Å². The summed E-state index contributed by atoms with van der Waals surface area (Å²) in [6, 6.07) is 1.24. The van der Waals surface area contributed by atoms with E-state index in [4.69, 9.17) is 0 Å². The molecule has 0 aromatic rings. The molecule has 1 saturated carbocycles. The maximum absolute atomic E-state index is 10.6. The Kier molecular flexibility index (Phi) is 2.54. The molecule has 3 heteroatoms. The molecule has 3 nitrogen and oxygen atoms in total. The Morgan fingerprint density at radius 1 is 1.31 bits per heavy atom. The van der Waals surface area contributed by atoms with E-state index in [1.54, 1.807) is 0 Å². The van der Waals surface area contributed by atoms with Crippen molar-refractivity contribution in [3.8, 4) is 0 Å². The first-order valence-electron chi connectivity index (χ1n) is 5.26. The largest absolute Gasteiger partial charge is 0.340 e. The van der Waals surface area contributed by atoms with E-state index in [1.807, 2.05) is 4.90 Å². The van der Waals surface area contributed by atoms with Gasteiger partial charge in [0.05, 0.1) is 0 Å². The van der Waals surface area contributed by atoms with E-state index in [0.29, 0.717) is 6.04 Å². The van der Waals surface area contributed by atoms with Crippen LogP contribution in [0.3, 0.4) is 0 Å². The van der Waals surface area contributed by atoms with E-state index in [-0.39, 0.29) is 0 Å². The van der Waals surface area contributed by atoms with Crippen LogP contribution in [0.15, 0.2) is 0 Å². The molecule has 2 rings (SSSR count). The monoisotopic (exact) mass is 182 g/mol. The lowest BCUT2D eigenvalue weighted by molar-refractivity contribution is -0.123. The highest BCUT2D eigenvalue weighted by molar-refractivity contribution is 5.48. The van der Waals surface area contributed by atoms with Gasteiger partial charge in [-0.15, -0.1) is 0 Å². The second kappa shape index (κ2) is 3.66. The predicted octanol–water partition coefficient (Wildman–Crippen LogP) is 0.701. The van der Waals surface area contributed by atoms with E-state index < -0.39 is 0 Å². The number of carbonyl (C=O) groups excluding carboxylic acids is 1. The quantitative estimate of drug-likeness (QED) is 0.587. The molecule has 1 aliphatic carbocycles. The smallest absolute Gasteiger partial charge is 0.210 e. The number of rotatable bonds is 2. The van der Waals surface area contributed by atoms with Crippen molar-refractivity contribution in [2.45, 2.75) is 38.3 Å². The van der Waals surface area contributed by atoms with Crippen LogP contribution in [0, 0.1) is 0 Å². The van der Waals surface area contributed by atoms with Crippen molar-refractivity contribution in [1.29, 1.82) is 0 Å². The van der Waals surface area contributed by atoms with Crippen molar-refractivity contribution in [2.24, 2.45) is 0 Å². The molecule has 2 aliphatic rings. The molecule has 0 N–H and O–H groups in total. The summed E-state index contributed by atoms with van der Waals surface area (Å²) in [6.45, 7) is 5.21. The van der Waals surface area contributed by atoms with Gasteiger partial charge in [-0.3, -0.25) is 9.69 Å². The molecule has 0 radical (unpaired) electrons. The number of piperazine rings is 1. The average molecular weight is 182 g/mol. The molecule has 1 unspecified atom stereocenters. The Balaban J connectivity index is 1.86. The number of amides is 1. The van der Waals surface area contributed by atoms with Crippen molar-refractivity contribution >= 4 is 6.41 Å². The Morgan fingerprint density at radius 3 is 2.54 bits per heavy atom. The standard InChI is InChI=1S/C10H18N2O/c1-9-7-11(10-3-2-4-10)5-6-12(9)8-13/h8-10H,2-7H2,1H3. The highest BCUT2D eigenvalue weighted by atomic mass is 16.1. The van der Waals surface area contributed by atoms with Gasteiger partial charge in [0.15, 0.2) is 0 Å². The lowest BCUT2D eigenvalue weighted by atomic mass is 9.90. The maximum atomic E-state index is 10.6. The Morgan fingerprint density at radius 2 is 2.08 bits per heavy atom. The van der Waals surface area contributed by atoms with Crippen molar-refractivity contribution in [3.05, 3.63) is 0 Å². The zero-order valence-electron chi connectivity index (χ0n) is 8.28. The summed E-state index contributed by atoms with van der Waals surface area (Å²) in [5.74, 6) is 0. The van der Waals surface area contributed by atoms with Gasteiger partial charge in [-0.25, -0.2) is 0 Å². The van der Waals surface area contributed by atoms with Gasteiger partial charge < -0.3 is 4.90 Å². The fourth-order valence-electron chi connectivity index (χ4n) is 2.24. The second-order valence-corrected chi connectivity index (χ2v) is 4.27. The zero-order valence-corrected chi connectivity index (χ0v) is 8.28. The van der Waals surface area contributed by atoms with Gasteiger partial charge in [0.25, 0.3) is 0 Å². The van der Waals surface area contributed by atoms with Crippen LogP contribution < -0.4 is 0 Å². The van der Waals surface area contributed by atoms with E-state index in [2.05, 4.69) is 11.8 Å². The van der Waals surface area contributed by atoms with E-state index in [9.17, 15) is 4.79 Å². The normalized spacial score (nSPS) is 31.5. The minimum atomic E-state index is 0.409. The molecule has 0 spiro atoms. The van der Waals surface area contributed by atoms with Crippen molar-refractivity contribution < 1.29 is 4.79 Å². The van der Waals surface area contributed by atoms with E-state index in [0.717, 1.165) is 32.1 Å². The molecule has 1 aliphatic heterocycles. The van der Waals surface area contributed by atoms with Crippen LogP contribution >= 0.6 is 0 Å². The maximum Gasteiger partial charge on any atom is 0.210 e. The molecule has 1 saturated heterocycles. The molecule has 2 fully saturated rings. The average Bonchev–Trinajstić information content (AvgIpc) is 2.01. The SMILES string of the molecule is CC1CN(C2CCC2)CCN1C=O. The van der Waals surface area contributed by atoms with Gasteiger partial charge in [0.1, 0.15) is 0 Å². The molecule has 1 amide bonds. The van der Waals surface area contributed by atoms with Crippen LogP contribution in [0.5, 0.6) is 0 Å². The highest BCUT2D eigenvalue weighted by Crippen LogP contribution is 2.26. The first-order valence-corrected chi connectivity index (χ1v) is 5.26. The van der Waals surface area contributed by atoms with Crippen LogP contribution in [-0.4, -0.2) is 47.9 Å². The predicted molar refractivity (Wildman–Crippen MR) is 51.4 cm³/mol. The molecule has 0 aromatic carbocycles. The molecular weight excluding hydrogens is 164 g/mol. The minimum Gasteiger partial charge on any atom is -0.340 e. The van der Waals surface area contributed by atoms with Gasteiger partial charge in [-0.1, -0.05) is 6.42 Å². The number of hydrogen-bond donors (Lipinski definition) is 0. The first-order chi connectivity index (χ1) is 6.31. The van der Waals surface area contributed by atoms with Crippen LogP contribution in [-0.2, 0) is 4.79 Å². The number of hydrogen-bond acceptors (Lipinski definition) is 2. The Labute approximate surface area is 79.7 Å². The van der Waals surface area contributed by atoms with Gasteiger partial charge in [-0.05, 0) is 19.8 Å². The third kappa shape index (κ3) is 1.70. The Hall–Kier alpha value is -0.570. The van der Waals surface area contributed by atoms with Gasteiger partial charge >= 0.3 is 0 Å². The summed E-state index contributed by atoms with van der Waals surface area (Å²) in [4.78, 5) is 15.1.